The van der Waals surface area contributed by atoms with Gasteiger partial charge in [-0.05, 0) is 26.8 Å². The number of pyridine rings is 1. The van der Waals surface area contributed by atoms with E-state index in [1.807, 2.05) is 0 Å². The van der Waals surface area contributed by atoms with E-state index in [0.29, 0.717) is 17.7 Å². The highest BCUT2D eigenvalue weighted by molar-refractivity contribution is 5.74. The molecule has 0 saturated carbocycles. The molecule has 6 nitrogen and oxygen atoms in total. The highest BCUT2D eigenvalue weighted by Gasteiger charge is 2.21. The molecule has 1 rings (SSSR count). The second kappa shape index (κ2) is 6.17. The van der Waals surface area contributed by atoms with E-state index in [2.05, 4.69) is 10.3 Å². The largest absolute Gasteiger partial charge is 0.497 e. The lowest BCUT2D eigenvalue weighted by Gasteiger charge is -2.21. The van der Waals surface area contributed by atoms with Crippen molar-refractivity contribution < 1.29 is 19.1 Å². The van der Waals surface area contributed by atoms with Gasteiger partial charge in [-0.2, -0.15) is 0 Å². The van der Waals surface area contributed by atoms with E-state index in [1.165, 1.54) is 13.3 Å². The van der Waals surface area contributed by atoms with Gasteiger partial charge in [0.05, 0.1) is 12.8 Å². The zero-order valence-corrected chi connectivity index (χ0v) is 11.5. The van der Waals surface area contributed by atoms with Crippen LogP contribution >= 0.6 is 0 Å². The van der Waals surface area contributed by atoms with Crippen LogP contribution in [0.15, 0.2) is 18.3 Å². The number of rotatable bonds is 4. The number of nitrogens with zero attached hydrogens (tertiary/aromatic N) is 1. The first-order chi connectivity index (χ1) is 8.85. The summed E-state index contributed by atoms with van der Waals surface area (Å²) < 4.78 is 10.1. The first-order valence-corrected chi connectivity index (χ1v) is 5.80. The molecule has 0 aliphatic carbocycles. The van der Waals surface area contributed by atoms with Crippen molar-refractivity contribution in [2.75, 3.05) is 7.11 Å². The molecular weight excluding hydrogens is 248 g/mol. The molecule has 1 heterocycles. The molecule has 1 aromatic rings. The summed E-state index contributed by atoms with van der Waals surface area (Å²) >= 11 is 0. The van der Waals surface area contributed by atoms with Crippen LogP contribution in [0.1, 0.15) is 32.5 Å². The SMILES string of the molecule is COc1ccnc(C(C=O)NC(=O)OC(C)(C)C)c1. The topological polar surface area (TPSA) is 77.5 Å². The van der Waals surface area contributed by atoms with Crippen LogP contribution in [0.5, 0.6) is 5.75 Å². The summed E-state index contributed by atoms with van der Waals surface area (Å²) in [7, 11) is 1.51. The number of hydrogen-bond acceptors (Lipinski definition) is 5. The van der Waals surface area contributed by atoms with Gasteiger partial charge in [0.15, 0.2) is 0 Å². The first-order valence-electron chi connectivity index (χ1n) is 5.80. The van der Waals surface area contributed by atoms with Gasteiger partial charge in [-0.3, -0.25) is 4.98 Å². The third kappa shape index (κ3) is 4.95. The Morgan fingerprint density at radius 1 is 1.47 bits per heavy atom. The van der Waals surface area contributed by atoms with Gasteiger partial charge in [0, 0.05) is 12.3 Å². The fourth-order valence-electron chi connectivity index (χ4n) is 1.34. The van der Waals surface area contributed by atoms with Crippen molar-refractivity contribution in [3.63, 3.8) is 0 Å². The molecule has 1 amide bonds. The number of aldehydes is 1. The Bertz CT molecular complexity index is 454. The van der Waals surface area contributed by atoms with Crippen molar-refractivity contribution in [2.24, 2.45) is 0 Å². The summed E-state index contributed by atoms with van der Waals surface area (Å²) in [6.07, 6.45) is 1.42. The summed E-state index contributed by atoms with van der Waals surface area (Å²) in [5.74, 6) is 0.558. The standard InChI is InChI=1S/C13H18N2O4/c1-13(2,3)19-12(17)15-11(8-16)10-7-9(18-4)5-6-14-10/h5-8,11H,1-4H3,(H,15,17). The number of carbonyl (C=O) groups is 2. The first kappa shape index (κ1) is 14.9. The maximum Gasteiger partial charge on any atom is 0.408 e. The molecule has 0 radical (unpaired) electrons. The van der Waals surface area contributed by atoms with E-state index in [-0.39, 0.29) is 0 Å². The normalized spacial score (nSPS) is 12.4. The Balaban J connectivity index is 2.77. The van der Waals surface area contributed by atoms with Crippen molar-refractivity contribution >= 4 is 12.4 Å². The zero-order chi connectivity index (χ0) is 14.5. The number of carbonyl (C=O) groups excluding carboxylic acids is 2. The molecule has 0 fully saturated rings. The summed E-state index contributed by atoms with van der Waals surface area (Å²) in [6, 6.07) is 2.36. The van der Waals surface area contributed by atoms with E-state index in [1.54, 1.807) is 32.9 Å². The lowest BCUT2D eigenvalue weighted by atomic mass is 10.2. The molecule has 1 N–H and O–H groups in total. The van der Waals surface area contributed by atoms with Crippen LogP contribution in [-0.4, -0.2) is 30.1 Å². The lowest BCUT2D eigenvalue weighted by Crippen LogP contribution is -2.35. The number of alkyl carbamates (subject to hydrolysis) is 1. The quantitative estimate of drug-likeness (QED) is 0.841. The maximum atomic E-state index is 11.6. The van der Waals surface area contributed by atoms with Crippen LogP contribution in [0.2, 0.25) is 0 Å². The molecule has 0 aliphatic rings. The molecule has 104 valence electrons. The third-order valence-corrected chi connectivity index (χ3v) is 2.12. The average Bonchev–Trinajstić information content (AvgIpc) is 2.34. The minimum absolute atomic E-state index is 0.389. The second-order valence-electron chi connectivity index (χ2n) is 4.88. The van der Waals surface area contributed by atoms with Gasteiger partial charge in [0.2, 0.25) is 0 Å². The van der Waals surface area contributed by atoms with Crippen molar-refractivity contribution in [3.05, 3.63) is 24.0 Å². The summed E-state index contributed by atoms with van der Waals surface area (Å²) in [5.41, 5.74) is -0.237. The Labute approximate surface area is 112 Å². The van der Waals surface area contributed by atoms with Crippen molar-refractivity contribution in [3.8, 4) is 5.75 Å². The molecule has 1 aromatic heterocycles. The fourth-order valence-corrected chi connectivity index (χ4v) is 1.34. The average molecular weight is 266 g/mol. The Morgan fingerprint density at radius 3 is 2.68 bits per heavy atom. The smallest absolute Gasteiger partial charge is 0.408 e. The minimum atomic E-state index is -0.870. The minimum Gasteiger partial charge on any atom is -0.497 e. The van der Waals surface area contributed by atoms with Crippen LogP contribution in [0.3, 0.4) is 0 Å². The van der Waals surface area contributed by atoms with Crippen LogP contribution in [-0.2, 0) is 9.53 Å². The molecule has 1 atom stereocenters. The molecule has 0 bridgehead atoms. The van der Waals surface area contributed by atoms with Gasteiger partial charge in [-0.15, -0.1) is 0 Å². The highest BCUT2D eigenvalue weighted by atomic mass is 16.6. The van der Waals surface area contributed by atoms with E-state index < -0.39 is 17.7 Å². The summed E-state index contributed by atoms with van der Waals surface area (Å²) in [5, 5.41) is 2.44. The number of hydrogen-bond donors (Lipinski definition) is 1. The number of nitrogens with one attached hydrogen (secondary N) is 1. The van der Waals surface area contributed by atoms with Gasteiger partial charge in [0.25, 0.3) is 0 Å². The molecule has 0 aromatic carbocycles. The van der Waals surface area contributed by atoms with Crippen LogP contribution in [0.25, 0.3) is 0 Å². The molecule has 19 heavy (non-hydrogen) atoms. The molecular formula is C13H18N2O4. The molecule has 0 spiro atoms. The predicted molar refractivity (Wildman–Crippen MR) is 69.0 cm³/mol. The molecule has 1 unspecified atom stereocenters. The Kier molecular flexibility index (Phi) is 4.86. The number of methoxy groups -OCH3 is 1. The molecule has 0 saturated heterocycles. The lowest BCUT2D eigenvalue weighted by molar-refractivity contribution is -0.109. The summed E-state index contributed by atoms with van der Waals surface area (Å²) in [4.78, 5) is 26.7. The van der Waals surface area contributed by atoms with E-state index in [9.17, 15) is 9.59 Å². The van der Waals surface area contributed by atoms with Crippen LogP contribution in [0.4, 0.5) is 4.79 Å². The van der Waals surface area contributed by atoms with Gasteiger partial charge in [-0.25, -0.2) is 4.79 Å². The zero-order valence-electron chi connectivity index (χ0n) is 11.5. The summed E-state index contributed by atoms with van der Waals surface area (Å²) in [6.45, 7) is 5.23. The number of amides is 1. The van der Waals surface area contributed by atoms with Gasteiger partial charge >= 0.3 is 6.09 Å². The van der Waals surface area contributed by atoms with Gasteiger partial charge in [-0.1, -0.05) is 0 Å². The highest BCUT2D eigenvalue weighted by Crippen LogP contribution is 2.16. The van der Waals surface area contributed by atoms with Crippen LogP contribution < -0.4 is 10.1 Å². The Hall–Kier alpha value is -2.11. The molecule has 6 heteroatoms. The third-order valence-electron chi connectivity index (χ3n) is 2.12. The van der Waals surface area contributed by atoms with Crippen molar-refractivity contribution in [2.45, 2.75) is 32.4 Å². The monoisotopic (exact) mass is 266 g/mol. The second-order valence-corrected chi connectivity index (χ2v) is 4.88. The fraction of sp³-hybridized carbons (Fsp3) is 0.462. The maximum absolute atomic E-state index is 11.6. The van der Waals surface area contributed by atoms with Crippen LogP contribution in [0, 0.1) is 0 Å². The van der Waals surface area contributed by atoms with E-state index in [0.717, 1.165) is 0 Å². The molecule has 0 aliphatic heterocycles. The van der Waals surface area contributed by atoms with E-state index in [4.69, 9.17) is 9.47 Å². The van der Waals surface area contributed by atoms with E-state index >= 15 is 0 Å². The number of aromatic nitrogens is 1. The predicted octanol–water partition coefficient (Wildman–Crippen LogP) is 1.85. The Morgan fingerprint density at radius 2 is 2.16 bits per heavy atom. The van der Waals surface area contributed by atoms with Crippen molar-refractivity contribution in [1.29, 1.82) is 0 Å². The van der Waals surface area contributed by atoms with Crippen molar-refractivity contribution in [1.82, 2.24) is 10.3 Å². The van der Waals surface area contributed by atoms with Gasteiger partial charge in [0.1, 0.15) is 23.7 Å². The van der Waals surface area contributed by atoms with Gasteiger partial charge < -0.3 is 19.6 Å². The number of ether oxygens (including phenoxy) is 2.